The van der Waals surface area contributed by atoms with E-state index in [0.29, 0.717) is 36.1 Å². The van der Waals surface area contributed by atoms with Gasteiger partial charge in [0.2, 0.25) is 11.8 Å². The molecule has 0 bridgehead atoms. The first-order valence-electron chi connectivity index (χ1n) is 7.24. The lowest BCUT2D eigenvalue weighted by Crippen LogP contribution is -2.41. The van der Waals surface area contributed by atoms with E-state index in [2.05, 4.69) is 20.8 Å². The number of nitrogens with zero attached hydrogens (tertiary/aromatic N) is 2. The van der Waals surface area contributed by atoms with E-state index < -0.39 is 6.10 Å². The van der Waals surface area contributed by atoms with E-state index in [9.17, 15) is 9.59 Å². The third-order valence-corrected chi connectivity index (χ3v) is 3.31. The standard InChI is InChI=1S/C15H16N4O4/c1-9-17-14(23-19-9)6-7-16-13(20)8-12-15(21)18-10-4-2-3-5-11(10)22-12/h2-5,12H,6-8H2,1H3,(H,16,20)(H,18,21)/t12-/m0/s1. The number of anilines is 1. The van der Waals surface area contributed by atoms with Gasteiger partial charge in [0.25, 0.3) is 5.91 Å². The van der Waals surface area contributed by atoms with Gasteiger partial charge in [-0.3, -0.25) is 9.59 Å². The SMILES string of the molecule is Cc1noc(CCNC(=O)C[C@@H]2Oc3ccccc3NC2=O)n1. The maximum absolute atomic E-state index is 11.9. The Bertz CT molecular complexity index is 728. The molecule has 1 aromatic carbocycles. The van der Waals surface area contributed by atoms with E-state index in [1.54, 1.807) is 31.2 Å². The Morgan fingerprint density at radius 1 is 1.39 bits per heavy atom. The predicted molar refractivity (Wildman–Crippen MR) is 79.9 cm³/mol. The Balaban J connectivity index is 1.49. The molecular weight excluding hydrogens is 300 g/mol. The van der Waals surface area contributed by atoms with Crippen LogP contribution in [0.15, 0.2) is 28.8 Å². The number of benzene rings is 1. The fraction of sp³-hybridized carbons (Fsp3) is 0.333. The number of rotatable bonds is 5. The van der Waals surface area contributed by atoms with Crippen molar-refractivity contribution in [2.24, 2.45) is 0 Å². The molecule has 3 rings (SSSR count). The zero-order valence-electron chi connectivity index (χ0n) is 12.5. The quantitative estimate of drug-likeness (QED) is 0.846. The molecule has 8 nitrogen and oxygen atoms in total. The number of hydrogen-bond acceptors (Lipinski definition) is 6. The predicted octanol–water partition coefficient (Wildman–Crippen LogP) is 0.827. The molecule has 0 radical (unpaired) electrons. The summed E-state index contributed by atoms with van der Waals surface area (Å²) in [7, 11) is 0. The lowest BCUT2D eigenvalue weighted by atomic mass is 10.1. The van der Waals surface area contributed by atoms with E-state index in [1.165, 1.54) is 0 Å². The monoisotopic (exact) mass is 316 g/mol. The number of ether oxygens (including phenoxy) is 1. The zero-order valence-corrected chi connectivity index (χ0v) is 12.5. The van der Waals surface area contributed by atoms with Crippen LogP contribution >= 0.6 is 0 Å². The fourth-order valence-corrected chi connectivity index (χ4v) is 2.22. The average molecular weight is 316 g/mol. The number of amides is 2. The summed E-state index contributed by atoms with van der Waals surface area (Å²) < 4.78 is 10.5. The molecule has 120 valence electrons. The Morgan fingerprint density at radius 3 is 3.00 bits per heavy atom. The molecule has 0 spiro atoms. The minimum Gasteiger partial charge on any atom is -0.478 e. The molecule has 1 aromatic heterocycles. The molecule has 1 aliphatic heterocycles. The largest absolute Gasteiger partial charge is 0.478 e. The molecule has 1 aliphatic rings. The van der Waals surface area contributed by atoms with Gasteiger partial charge in [-0.1, -0.05) is 17.3 Å². The second-order valence-corrected chi connectivity index (χ2v) is 5.13. The number of carbonyl (C=O) groups is 2. The van der Waals surface area contributed by atoms with Crippen molar-refractivity contribution in [3.63, 3.8) is 0 Å². The highest BCUT2D eigenvalue weighted by Crippen LogP contribution is 2.29. The molecule has 2 aromatic rings. The second kappa shape index (κ2) is 6.47. The molecule has 23 heavy (non-hydrogen) atoms. The maximum atomic E-state index is 11.9. The van der Waals surface area contributed by atoms with Gasteiger partial charge < -0.3 is 19.9 Å². The highest BCUT2D eigenvalue weighted by Gasteiger charge is 2.29. The lowest BCUT2D eigenvalue weighted by molar-refractivity contribution is -0.130. The summed E-state index contributed by atoms with van der Waals surface area (Å²) >= 11 is 0. The van der Waals surface area contributed by atoms with Crippen LogP contribution in [-0.2, 0) is 16.0 Å². The summed E-state index contributed by atoms with van der Waals surface area (Å²) in [5.74, 6) is 0.971. The van der Waals surface area contributed by atoms with Crippen molar-refractivity contribution in [3.8, 4) is 5.75 Å². The van der Waals surface area contributed by atoms with Gasteiger partial charge in [0.15, 0.2) is 11.9 Å². The van der Waals surface area contributed by atoms with E-state index in [-0.39, 0.29) is 18.2 Å². The first-order chi connectivity index (χ1) is 11.1. The van der Waals surface area contributed by atoms with Crippen molar-refractivity contribution in [2.75, 3.05) is 11.9 Å². The van der Waals surface area contributed by atoms with Crippen molar-refractivity contribution in [3.05, 3.63) is 36.0 Å². The number of hydrogen-bond donors (Lipinski definition) is 2. The zero-order chi connectivity index (χ0) is 16.2. The molecule has 1 atom stereocenters. The van der Waals surface area contributed by atoms with Crippen LogP contribution in [0.5, 0.6) is 5.75 Å². The third-order valence-electron chi connectivity index (χ3n) is 3.31. The van der Waals surface area contributed by atoms with E-state index in [1.807, 2.05) is 0 Å². The summed E-state index contributed by atoms with van der Waals surface area (Å²) in [6.45, 7) is 2.08. The van der Waals surface area contributed by atoms with Crippen LogP contribution in [0.4, 0.5) is 5.69 Å². The van der Waals surface area contributed by atoms with Gasteiger partial charge in [0.05, 0.1) is 12.1 Å². The van der Waals surface area contributed by atoms with Gasteiger partial charge in [-0.2, -0.15) is 4.98 Å². The van der Waals surface area contributed by atoms with Gasteiger partial charge in [-0.05, 0) is 19.1 Å². The minimum absolute atomic E-state index is 0.0526. The van der Waals surface area contributed by atoms with Gasteiger partial charge in [-0.25, -0.2) is 0 Å². The topological polar surface area (TPSA) is 106 Å². The first kappa shape index (κ1) is 15.0. The smallest absolute Gasteiger partial charge is 0.266 e. The van der Waals surface area contributed by atoms with E-state index in [4.69, 9.17) is 9.26 Å². The molecule has 2 N–H and O–H groups in total. The van der Waals surface area contributed by atoms with Crippen LogP contribution in [-0.4, -0.2) is 34.6 Å². The molecule has 0 saturated heterocycles. The third kappa shape index (κ3) is 3.65. The lowest BCUT2D eigenvalue weighted by Gasteiger charge is -2.25. The van der Waals surface area contributed by atoms with Crippen LogP contribution in [0.2, 0.25) is 0 Å². The molecule has 0 aliphatic carbocycles. The van der Waals surface area contributed by atoms with Gasteiger partial charge in [-0.15, -0.1) is 0 Å². The van der Waals surface area contributed by atoms with Crippen molar-refractivity contribution in [1.29, 1.82) is 0 Å². The summed E-state index contributed by atoms with van der Waals surface area (Å²) in [5, 5.41) is 9.10. The van der Waals surface area contributed by atoms with Crippen LogP contribution in [0.1, 0.15) is 18.1 Å². The first-order valence-corrected chi connectivity index (χ1v) is 7.24. The number of aromatic nitrogens is 2. The highest BCUT2D eigenvalue weighted by atomic mass is 16.5. The van der Waals surface area contributed by atoms with Gasteiger partial charge in [0.1, 0.15) is 5.75 Å². The van der Waals surface area contributed by atoms with E-state index in [0.717, 1.165) is 0 Å². The molecule has 2 amide bonds. The minimum atomic E-state index is -0.837. The number of aryl methyl sites for hydroxylation is 1. The summed E-state index contributed by atoms with van der Waals surface area (Å²) in [6, 6.07) is 7.10. The summed E-state index contributed by atoms with van der Waals surface area (Å²) in [6.07, 6.45) is -0.452. The Hall–Kier alpha value is -2.90. The van der Waals surface area contributed by atoms with Crippen molar-refractivity contribution in [1.82, 2.24) is 15.5 Å². The molecule has 2 heterocycles. The van der Waals surface area contributed by atoms with Crippen molar-refractivity contribution in [2.45, 2.75) is 25.9 Å². The number of para-hydroxylation sites is 2. The molecule has 0 saturated carbocycles. The molecule has 0 fully saturated rings. The second-order valence-electron chi connectivity index (χ2n) is 5.13. The molecule has 8 heteroatoms. The Labute approximate surface area is 132 Å². The van der Waals surface area contributed by atoms with Crippen LogP contribution in [0, 0.1) is 6.92 Å². The highest BCUT2D eigenvalue weighted by molar-refractivity contribution is 5.99. The molecular formula is C15H16N4O4. The van der Waals surface area contributed by atoms with Gasteiger partial charge >= 0.3 is 0 Å². The summed E-state index contributed by atoms with van der Waals surface area (Å²) in [4.78, 5) is 27.9. The van der Waals surface area contributed by atoms with Crippen LogP contribution < -0.4 is 15.4 Å². The number of nitrogens with one attached hydrogen (secondary N) is 2. The number of fused-ring (bicyclic) bond motifs is 1. The normalized spacial score (nSPS) is 16.2. The fourth-order valence-electron chi connectivity index (χ4n) is 2.22. The maximum Gasteiger partial charge on any atom is 0.266 e. The van der Waals surface area contributed by atoms with Crippen molar-refractivity contribution < 1.29 is 18.8 Å². The average Bonchev–Trinajstić information content (AvgIpc) is 2.93. The van der Waals surface area contributed by atoms with Crippen molar-refractivity contribution >= 4 is 17.5 Å². The summed E-state index contributed by atoms with van der Waals surface area (Å²) in [5.41, 5.74) is 0.612. The molecule has 0 unspecified atom stereocenters. The Kier molecular flexibility index (Phi) is 4.22. The van der Waals surface area contributed by atoms with Gasteiger partial charge in [0, 0.05) is 13.0 Å². The van der Waals surface area contributed by atoms with Crippen LogP contribution in [0.25, 0.3) is 0 Å². The van der Waals surface area contributed by atoms with Crippen LogP contribution in [0.3, 0.4) is 0 Å². The Morgan fingerprint density at radius 2 is 2.22 bits per heavy atom. The number of carbonyl (C=O) groups excluding carboxylic acids is 2. The van der Waals surface area contributed by atoms with E-state index >= 15 is 0 Å².